The number of nitrogens with one attached hydrogen (secondary N) is 4. The number of alkyl halides is 1. The molecule has 0 aliphatic carbocycles. The van der Waals surface area contributed by atoms with E-state index in [2.05, 4.69) is 38.5 Å². The van der Waals surface area contributed by atoms with Crippen molar-refractivity contribution in [1.82, 2.24) is 35.9 Å². The molecular formula is C26H33F2N9O. The van der Waals surface area contributed by atoms with Crippen LogP contribution in [0.1, 0.15) is 50.3 Å². The second kappa shape index (κ2) is 10.6. The Morgan fingerprint density at radius 1 is 1.18 bits per heavy atom. The number of rotatable bonds is 7. The van der Waals surface area contributed by atoms with Crippen LogP contribution in [-0.4, -0.2) is 56.6 Å². The molecule has 38 heavy (non-hydrogen) atoms. The predicted octanol–water partition coefficient (Wildman–Crippen LogP) is 2.92. The summed E-state index contributed by atoms with van der Waals surface area (Å²) in [5.41, 5.74) is 6.19. The highest BCUT2D eigenvalue weighted by atomic mass is 19.1. The summed E-state index contributed by atoms with van der Waals surface area (Å²) in [6.45, 7) is 6.65. The van der Waals surface area contributed by atoms with Gasteiger partial charge in [0.2, 0.25) is 0 Å². The van der Waals surface area contributed by atoms with Crippen molar-refractivity contribution in [2.75, 3.05) is 23.3 Å². The van der Waals surface area contributed by atoms with Crippen molar-refractivity contribution in [3.63, 3.8) is 0 Å². The summed E-state index contributed by atoms with van der Waals surface area (Å²) in [4.78, 5) is 24.0. The number of nitrogens with zero attached hydrogens (tertiary/aromatic N) is 5. The third-order valence-corrected chi connectivity index (χ3v) is 7.06. The molecule has 3 aromatic heterocycles. The quantitative estimate of drug-likeness (QED) is 0.373. The normalized spacial score (nSPS) is 21.8. The van der Waals surface area contributed by atoms with Crippen molar-refractivity contribution in [2.24, 2.45) is 0 Å². The lowest BCUT2D eigenvalue weighted by molar-refractivity contribution is -0.135. The van der Waals surface area contributed by atoms with Gasteiger partial charge in [-0.2, -0.15) is 5.10 Å². The van der Waals surface area contributed by atoms with Crippen LogP contribution in [0.2, 0.25) is 0 Å². The van der Waals surface area contributed by atoms with Crippen LogP contribution in [0.4, 0.5) is 20.4 Å². The van der Waals surface area contributed by atoms with E-state index in [1.54, 1.807) is 25.3 Å². The highest BCUT2D eigenvalue weighted by molar-refractivity contribution is 5.85. The van der Waals surface area contributed by atoms with Crippen molar-refractivity contribution in [3.8, 4) is 5.82 Å². The zero-order valence-electron chi connectivity index (χ0n) is 21.7. The maximum Gasteiger partial charge on any atom is 0.258 e. The first-order chi connectivity index (χ1) is 18.2. The Hall–Kier alpha value is -3.64. The van der Waals surface area contributed by atoms with Crippen LogP contribution in [0.15, 0.2) is 42.9 Å². The molecule has 0 aromatic carbocycles. The first kappa shape index (κ1) is 26.0. The van der Waals surface area contributed by atoms with Crippen molar-refractivity contribution < 1.29 is 13.6 Å². The number of halogens is 2. The van der Waals surface area contributed by atoms with E-state index in [0.29, 0.717) is 30.5 Å². The van der Waals surface area contributed by atoms with Gasteiger partial charge in [-0.3, -0.25) is 10.2 Å². The highest BCUT2D eigenvalue weighted by Crippen LogP contribution is 2.31. The molecule has 12 heteroatoms. The lowest BCUT2D eigenvalue weighted by atomic mass is 9.91. The third kappa shape index (κ3) is 5.76. The van der Waals surface area contributed by atoms with Gasteiger partial charge in [0.1, 0.15) is 11.6 Å². The zero-order chi connectivity index (χ0) is 26.9. The Kier molecular flexibility index (Phi) is 7.26. The van der Waals surface area contributed by atoms with E-state index in [4.69, 9.17) is 4.98 Å². The molecule has 0 radical (unpaired) electrons. The maximum atomic E-state index is 15.7. The number of pyridine rings is 2. The highest BCUT2D eigenvalue weighted by Gasteiger charge is 2.42. The first-order valence-electron chi connectivity index (χ1n) is 12.9. The summed E-state index contributed by atoms with van der Waals surface area (Å²) in [7, 11) is 0. The summed E-state index contributed by atoms with van der Waals surface area (Å²) in [5, 5.41) is 10.1. The SMILES string of the molecule is Cc1cc(NC2CC(C)NN2)nc(N2CCC(F)(C(=O)N[C@@H](C)c3ccc(-n4cc(F)cn4)nc3)CC2)c1. The summed E-state index contributed by atoms with van der Waals surface area (Å²) >= 11 is 0. The van der Waals surface area contributed by atoms with E-state index in [0.717, 1.165) is 29.8 Å². The molecule has 2 aliphatic rings. The van der Waals surface area contributed by atoms with Crippen molar-refractivity contribution >= 4 is 17.5 Å². The molecule has 2 unspecified atom stereocenters. The predicted molar refractivity (Wildman–Crippen MR) is 140 cm³/mol. The van der Waals surface area contributed by atoms with Crippen molar-refractivity contribution in [2.45, 2.75) is 64.0 Å². The van der Waals surface area contributed by atoms with Gasteiger partial charge in [-0.1, -0.05) is 6.07 Å². The smallest absolute Gasteiger partial charge is 0.258 e. The molecule has 1 amide bonds. The van der Waals surface area contributed by atoms with E-state index in [1.807, 2.05) is 24.0 Å². The average Bonchev–Trinajstić information content (AvgIpc) is 3.51. The van der Waals surface area contributed by atoms with Gasteiger partial charge in [-0.05, 0) is 56.5 Å². The van der Waals surface area contributed by atoms with Crippen LogP contribution < -0.4 is 26.4 Å². The molecule has 3 atom stereocenters. The van der Waals surface area contributed by atoms with Crippen LogP contribution in [0.5, 0.6) is 0 Å². The van der Waals surface area contributed by atoms with Gasteiger partial charge < -0.3 is 15.5 Å². The van der Waals surface area contributed by atoms with Gasteiger partial charge in [0.15, 0.2) is 17.3 Å². The number of hydrogen-bond donors (Lipinski definition) is 4. The fourth-order valence-corrected chi connectivity index (χ4v) is 4.81. The maximum absolute atomic E-state index is 15.7. The van der Waals surface area contributed by atoms with Gasteiger partial charge in [-0.25, -0.2) is 28.9 Å². The average molecular weight is 526 g/mol. The fourth-order valence-electron chi connectivity index (χ4n) is 4.81. The van der Waals surface area contributed by atoms with Gasteiger partial charge in [0, 0.05) is 38.2 Å². The van der Waals surface area contributed by atoms with E-state index >= 15 is 4.39 Å². The van der Waals surface area contributed by atoms with E-state index < -0.39 is 23.4 Å². The lowest BCUT2D eigenvalue weighted by Crippen LogP contribution is -2.51. The Morgan fingerprint density at radius 3 is 2.61 bits per heavy atom. The number of carbonyl (C=O) groups is 1. The lowest BCUT2D eigenvalue weighted by Gasteiger charge is -2.36. The molecule has 10 nitrogen and oxygen atoms in total. The Bertz CT molecular complexity index is 1270. The first-order valence-corrected chi connectivity index (χ1v) is 12.9. The zero-order valence-corrected chi connectivity index (χ0v) is 21.7. The van der Waals surface area contributed by atoms with Gasteiger partial charge in [-0.15, -0.1) is 0 Å². The molecule has 2 fully saturated rings. The summed E-state index contributed by atoms with van der Waals surface area (Å²) < 4.78 is 30.3. The van der Waals surface area contributed by atoms with Crippen molar-refractivity contribution in [3.05, 3.63) is 59.8 Å². The van der Waals surface area contributed by atoms with Crippen LogP contribution in [0.3, 0.4) is 0 Å². The number of amides is 1. The molecule has 0 bridgehead atoms. The minimum Gasteiger partial charge on any atom is -0.356 e. The molecule has 0 saturated carbocycles. The largest absolute Gasteiger partial charge is 0.356 e. The number of aryl methyl sites for hydroxylation is 1. The number of carbonyl (C=O) groups excluding carboxylic acids is 1. The van der Waals surface area contributed by atoms with Gasteiger partial charge in [0.25, 0.3) is 5.91 Å². The summed E-state index contributed by atoms with van der Waals surface area (Å²) in [6, 6.07) is 7.32. The Balaban J connectivity index is 1.17. The number of anilines is 2. The summed E-state index contributed by atoms with van der Waals surface area (Å²) in [6.07, 6.45) is 5.03. The molecule has 5 rings (SSSR count). The van der Waals surface area contributed by atoms with Gasteiger partial charge in [0.05, 0.1) is 24.6 Å². The Labute approximate surface area is 220 Å². The molecule has 5 heterocycles. The molecule has 2 saturated heterocycles. The van der Waals surface area contributed by atoms with Crippen molar-refractivity contribution in [1.29, 1.82) is 0 Å². The third-order valence-electron chi connectivity index (χ3n) is 7.06. The molecule has 202 valence electrons. The standard InChI is InChI=1S/C26H33F2N9O/c1-16-10-21(32-22-12-17(2)34-35-22)33-24(11-16)36-8-6-26(28,7-9-36)25(38)31-18(3)19-4-5-23(29-13-19)37-15-20(27)14-30-37/h4-5,10-11,13-15,17-18,22,34-35H,6-9,12H2,1-3H3,(H,31,38)(H,32,33)/t17?,18-,22?/m0/s1. The monoisotopic (exact) mass is 525 g/mol. The summed E-state index contributed by atoms with van der Waals surface area (Å²) in [5.74, 6) is 0.885. The number of piperidine rings is 1. The van der Waals surface area contributed by atoms with Crippen LogP contribution >= 0.6 is 0 Å². The molecule has 3 aromatic rings. The minimum atomic E-state index is -1.97. The molecule has 2 aliphatic heterocycles. The number of aromatic nitrogens is 4. The molecule has 0 spiro atoms. The topological polar surface area (TPSA) is 112 Å². The number of hydrogen-bond acceptors (Lipinski definition) is 8. The fraction of sp³-hybridized carbons (Fsp3) is 0.462. The van der Waals surface area contributed by atoms with Crippen LogP contribution in [-0.2, 0) is 4.79 Å². The van der Waals surface area contributed by atoms with Gasteiger partial charge >= 0.3 is 0 Å². The van der Waals surface area contributed by atoms with Crippen LogP contribution in [0, 0.1) is 12.7 Å². The number of hydrazine groups is 1. The minimum absolute atomic E-state index is 0.0671. The second-order valence-electron chi connectivity index (χ2n) is 10.2. The van der Waals surface area contributed by atoms with E-state index in [1.165, 1.54) is 10.9 Å². The Morgan fingerprint density at radius 2 is 1.97 bits per heavy atom. The van der Waals surface area contributed by atoms with E-state index in [9.17, 15) is 9.18 Å². The second-order valence-corrected chi connectivity index (χ2v) is 10.2. The molecule has 4 N–H and O–H groups in total. The van der Waals surface area contributed by atoms with Crippen LogP contribution in [0.25, 0.3) is 5.82 Å². The molecular weight excluding hydrogens is 492 g/mol. The van der Waals surface area contributed by atoms with E-state index in [-0.39, 0.29) is 19.0 Å².